The fraction of sp³-hybridized carbons (Fsp3) is 0.176. The summed E-state index contributed by atoms with van der Waals surface area (Å²) in [7, 11) is 0. The van der Waals surface area contributed by atoms with Crippen LogP contribution in [0.5, 0.6) is 0 Å². The van der Waals surface area contributed by atoms with Gasteiger partial charge in [0, 0.05) is 34.9 Å². The Hall–Kier alpha value is -2.33. The average molecular weight is 314 g/mol. The van der Waals surface area contributed by atoms with E-state index in [1.165, 1.54) is 0 Å². The molecule has 0 bridgehead atoms. The molecule has 3 aromatic rings. The Kier molecular flexibility index (Phi) is 4.11. The number of pyridine rings is 1. The number of fused-ring (bicyclic) bond motifs is 1. The molecule has 0 aliphatic heterocycles. The molecule has 3 rings (SSSR count). The predicted molar refractivity (Wildman–Crippen MR) is 88.3 cm³/mol. The van der Waals surface area contributed by atoms with Gasteiger partial charge in [0.15, 0.2) is 0 Å². The van der Waals surface area contributed by atoms with Gasteiger partial charge >= 0.3 is 0 Å². The maximum absolute atomic E-state index is 12.3. The number of nitrogens with one attached hydrogen (secondary N) is 2. The highest BCUT2D eigenvalue weighted by atomic mass is 35.5. The summed E-state index contributed by atoms with van der Waals surface area (Å²) in [6, 6.07) is 9.46. The van der Waals surface area contributed by atoms with Crippen molar-refractivity contribution in [2.24, 2.45) is 0 Å². The molecule has 2 N–H and O–H groups in total. The number of aromatic nitrogens is 2. The summed E-state index contributed by atoms with van der Waals surface area (Å²) in [5.74, 6) is -0.0983. The van der Waals surface area contributed by atoms with Crippen molar-refractivity contribution in [2.45, 2.75) is 13.3 Å². The molecule has 0 radical (unpaired) electrons. The van der Waals surface area contributed by atoms with E-state index >= 15 is 0 Å². The molecule has 0 saturated carbocycles. The maximum atomic E-state index is 12.3. The third-order valence-electron chi connectivity index (χ3n) is 3.70. The van der Waals surface area contributed by atoms with Crippen LogP contribution in [0.4, 0.5) is 0 Å². The van der Waals surface area contributed by atoms with Gasteiger partial charge in [-0.05, 0) is 54.8 Å². The van der Waals surface area contributed by atoms with Crippen molar-refractivity contribution in [1.82, 2.24) is 15.3 Å². The molecule has 22 heavy (non-hydrogen) atoms. The Morgan fingerprint density at radius 3 is 2.82 bits per heavy atom. The molecule has 0 unspecified atom stereocenters. The topological polar surface area (TPSA) is 57.8 Å². The van der Waals surface area contributed by atoms with Crippen LogP contribution in [0.1, 0.15) is 21.6 Å². The first-order valence-electron chi connectivity index (χ1n) is 7.10. The van der Waals surface area contributed by atoms with Gasteiger partial charge in [-0.15, -0.1) is 0 Å². The van der Waals surface area contributed by atoms with E-state index in [4.69, 9.17) is 11.6 Å². The molecule has 0 atom stereocenters. The van der Waals surface area contributed by atoms with Gasteiger partial charge in [0.2, 0.25) is 0 Å². The first-order chi connectivity index (χ1) is 10.6. The van der Waals surface area contributed by atoms with Crippen molar-refractivity contribution < 1.29 is 4.79 Å². The first kappa shape index (κ1) is 14.6. The molecule has 2 heterocycles. The number of benzene rings is 1. The third-order valence-corrected chi connectivity index (χ3v) is 3.93. The normalized spacial score (nSPS) is 10.8. The van der Waals surface area contributed by atoms with Crippen LogP contribution in [-0.4, -0.2) is 22.4 Å². The number of nitrogens with zero attached hydrogens (tertiary/aromatic N) is 1. The van der Waals surface area contributed by atoms with Crippen LogP contribution in [0.3, 0.4) is 0 Å². The lowest BCUT2D eigenvalue weighted by Gasteiger charge is -2.04. The van der Waals surface area contributed by atoms with Crippen molar-refractivity contribution in [3.05, 3.63) is 64.6 Å². The van der Waals surface area contributed by atoms with Crippen molar-refractivity contribution in [3.63, 3.8) is 0 Å². The van der Waals surface area contributed by atoms with E-state index in [0.29, 0.717) is 17.3 Å². The van der Waals surface area contributed by atoms with Gasteiger partial charge in [-0.3, -0.25) is 9.78 Å². The minimum Gasteiger partial charge on any atom is -0.350 e. The molecule has 0 fully saturated rings. The molecule has 2 aromatic heterocycles. The van der Waals surface area contributed by atoms with Crippen LogP contribution < -0.4 is 5.32 Å². The zero-order valence-electron chi connectivity index (χ0n) is 12.2. The van der Waals surface area contributed by atoms with Gasteiger partial charge in [-0.1, -0.05) is 11.6 Å². The number of halogens is 1. The van der Waals surface area contributed by atoms with E-state index < -0.39 is 0 Å². The van der Waals surface area contributed by atoms with Crippen LogP contribution in [0.2, 0.25) is 5.02 Å². The van der Waals surface area contributed by atoms with Gasteiger partial charge in [0.1, 0.15) is 5.69 Å². The largest absolute Gasteiger partial charge is 0.350 e. The summed E-state index contributed by atoms with van der Waals surface area (Å²) in [6.07, 6.45) is 4.28. The second-order valence-electron chi connectivity index (χ2n) is 5.18. The van der Waals surface area contributed by atoms with Crippen LogP contribution in [0.15, 0.2) is 42.7 Å². The standard InChI is InChI=1S/C17H16ClN3O/c1-11-14-10-13(18)2-3-15(14)21-16(11)17(22)20-9-6-12-4-7-19-8-5-12/h2-5,7-8,10,21H,6,9H2,1H3,(H,20,22). The van der Waals surface area contributed by atoms with Crippen molar-refractivity contribution in [2.75, 3.05) is 6.54 Å². The second-order valence-corrected chi connectivity index (χ2v) is 5.61. The Morgan fingerprint density at radius 2 is 2.05 bits per heavy atom. The molecule has 1 amide bonds. The number of hydrogen-bond acceptors (Lipinski definition) is 2. The highest BCUT2D eigenvalue weighted by Gasteiger charge is 2.14. The van der Waals surface area contributed by atoms with Crippen LogP contribution in [0.25, 0.3) is 10.9 Å². The highest BCUT2D eigenvalue weighted by molar-refractivity contribution is 6.31. The minimum absolute atomic E-state index is 0.0983. The van der Waals surface area contributed by atoms with E-state index in [9.17, 15) is 4.79 Å². The number of amides is 1. The molecule has 0 spiro atoms. The fourth-order valence-electron chi connectivity index (χ4n) is 2.48. The first-order valence-corrected chi connectivity index (χ1v) is 7.48. The van der Waals surface area contributed by atoms with Gasteiger partial charge in [-0.25, -0.2) is 0 Å². The molecule has 4 nitrogen and oxygen atoms in total. The van der Waals surface area contributed by atoms with Crippen LogP contribution in [0, 0.1) is 6.92 Å². The van der Waals surface area contributed by atoms with Crippen LogP contribution >= 0.6 is 11.6 Å². The zero-order chi connectivity index (χ0) is 15.5. The average Bonchev–Trinajstić information content (AvgIpc) is 2.85. The number of rotatable bonds is 4. The summed E-state index contributed by atoms with van der Waals surface area (Å²) >= 11 is 6.01. The van der Waals surface area contributed by atoms with Gasteiger partial charge < -0.3 is 10.3 Å². The van der Waals surface area contributed by atoms with E-state index in [1.807, 2.05) is 37.3 Å². The second kappa shape index (κ2) is 6.20. The molecular formula is C17H16ClN3O. The lowest BCUT2D eigenvalue weighted by atomic mass is 10.1. The lowest BCUT2D eigenvalue weighted by Crippen LogP contribution is -2.26. The molecule has 1 aromatic carbocycles. The Morgan fingerprint density at radius 1 is 1.27 bits per heavy atom. The number of carbonyl (C=O) groups excluding carboxylic acids is 1. The molecule has 0 saturated heterocycles. The van der Waals surface area contributed by atoms with Gasteiger partial charge in [0.25, 0.3) is 5.91 Å². The molecule has 5 heteroatoms. The third kappa shape index (κ3) is 2.97. The van der Waals surface area contributed by atoms with Crippen molar-refractivity contribution >= 4 is 28.4 Å². The lowest BCUT2D eigenvalue weighted by molar-refractivity contribution is 0.0949. The molecule has 112 valence electrons. The monoisotopic (exact) mass is 313 g/mol. The van der Waals surface area contributed by atoms with Crippen molar-refractivity contribution in [1.29, 1.82) is 0 Å². The van der Waals surface area contributed by atoms with E-state index in [2.05, 4.69) is 15.3 Å². The number of H-pyrrole nitrogens is 1. The fourth-order valence-corrected chi connectivity index (χ4v) is 2.66. The number of aromatic amines is 1. The zero-order valence-corrected chi connectivity index (χ0v) is 12.9. The van der Waals surface area contributed by atoms with E-state index in [0.717, 1.165) is 28.5 Å². The van der Waals surface area contributed by atoms with E-state index in [1.54, 1.807) is 12.4 Å². The Labute approximate surface area is 133 Å². The number of hydrogen-bond donors (Lipinski definition) is 2. The number of carbonyl (C=O) groups is 1. The summed E-state index contributed by atoms with van der Waals surface area (Å²) in [6.45, 7) is 2.51. The summed E-state index contributed by atoms with van der Waals surface area (Å²) < 4.78 is 0. The molecule has 0 aliphatic carbocycles. The Balaban J connectivity index is 1.71. The highest BCUT2D eigenvalue weighted by Crippen LogP contribution is 2.24. The quantitative estimate of drug-likeness (QED) is 0.774. The number of aryl methyl sites for hydroxylation is 1. The van der Waals surface area contributed by atoms with Gasteiger partial charge in [-0.2, -0.15) is 0 Å². The van der Waals surface area contributed by atoms with Crippen LogP contribution in [-0.2, 0) is 6.42 Å². The predicted octanol–water partition coefficient (Wildman–Crippen LogP) is 3.50. The Bertz CT molecular complexity index is 811. The smallest absolute Gasteiger partial charge is 0.268 e. The van der Waals surface area contributed by atoms with Gasteiger partial charge in [0.05, 0.1) is 0 Å². The summed E-state index contributed by atoms with van der Waals surface area (Å²) in [5, 5.41) is 4.58. The minimum atomic E-state index is -0.0983. The maximum Gasteiger partial charge on any atom is 0.268 e. The van der Waals surface area contributed by atoms with Crippen molar-refractivity contribution in [3.8, 4) is 0 Å². The molecular weight excluding hydrogens is 298 g/mol. The van der Waals surface area contributed by atoms with E-state index in [-0.39, 0.29) is 5.91 Å². The summed E-state index contributed by atoms with van der Waals surface area (Å²) in [4.78, 5) is 19.5. The summed E-state index contributed by atoms with van der Waals surface area (Å²) in [5.41, 5.74) is 3.57. The molecule has 0 aliphatic rings. The SMILES string of the molecule is Cc1c(C(=O)NCCc2ccncc2)[nH]c2ccc(Cl)cc12.